The first-order valence-electron chi connectivity index (χ1n) is 10.0. The number of methoxy groups -OCH3 is 1. The van der Waals surface area contributed by atoms with Gasteiger partial charge >= 0.3 is 5.97 Å². The lowest BCUT2D eigenvalue weighted by Crippen LogP contribution is -2.28. The zero-order valence-corrected chi connectivity index (χ0v) is 16.9. The van der Waals surface area contributed by atoms with Gasteiger partial charge in [0.05, 0.1) is 24.8 Å². The maximum Gasteiger partial charge on any atom is 0.338 e. The average Bonchev–Trinajstić information content (AvgIpc) is 2.71. The van der Waals surface area contributed by atoms with E-state index in [0.717, 1.165) is 37.0 Å². The van der Waals surface area contributed by atoms with Crippen LogP contribution in [0.5, 0.6) is 5.75 Å². The fraction of sp³-hybridized carbons (Fsp3) is 0.545. The lowest BCUT2D eigenvalue weighted by atomic mass is 10.1. The molecule has 5 nitrogen and oxygen atoms in total. The SMILES string of the molecule is CCCCN(CCCC)CCCOC(=O)c1ccnc2ccc(OC)cc12. The van der Waals surface area contributed by atoms with E-state index in [4.69, 9.17) is 9.47 Å². The van der Waals surface area contributed by atoms with Gasteiger partial charge in [-0.15, -0.1) is 0 Å². The summed E-state index contributed by atoms with van der Waals surface area (Å²) in [6.07, 6.45) is 7.34. The van der Waals surface area contributed by atoms with Crippen LogP contribution in [0.1, 0.15) is 56.3 Å². The Morgan fingerprint density at radius 1 is 1.04 bits per heavy atom. The van der Waals surface area contributed by atoms with E-state index in [9.17, 15) is 4.79 Å². The van der Waals surface area contributed by atoms with Crippen LogP contribution in [0.3, 0.4) is 0 Å². The number of aromatic nitrogens is 1. The molecule has 0 aliphatic heterocycles. The van der Waals surface area contributed by atoms with Crippen LogP contribution in [0.2, 0.25) is 0 Å². The fourth-order valence-corrected chi connectivity index (χ4v) is 3.06. The Kier molecular flexibility index (Phi) is 9.05. The number of carbonyl (C=O) groups is 1. The van der Waals surface area contributed by atoms with Gasteiger partial charge in [-0.05, 0) is 56.6 Å². The smallest absolute Gasteiger partial charge is 0.338 e. The monoisotopic (exact) mass is 372 g/mol. The van der Waals surface area contributed by atoms with Crippen molar-refractivity contribution in [3.8, 4) is 5.75 Å². The molecule has 0 spiro atoms. The molecule has 0 aliphatic carbocycles. The summed E-state index contributed by atoms with van der Waals surface area (Å²) in [7, 11) is 1.61. The number of benzene rings is 1. The van der Waals surface area contributed by atoms with Gasteiger partial charge in [0.1, 0.15) is 5.75 Å². The van der Waals surface area contributed by atoms with E-state index in [1.165, 1.54) is 25.7 Å². The summed E-state index contributed by atoms with van der Waals surface area (Å²) in [6, 6.07) is 7.23. The Bertz CT molecular complexity index is 710. The molecule has 0 aliphatic rings. The summed E-state index contributed by atoms with van der Waals surface area (Å²) in [6.45, 7) is 8.08. The minimum atomic E-state index is -0.302. The predicted octanol–water partition coefficient (Wildman–Crippen LogP) is 4.69. The Hall–Kier alpha value is -2.14. The zero-order valence-electron chi connectivity index (χ0n) is 16.9. The molecule has 1 aromatic heterocycles. The molecule has 0 saturated heterocycles. The second-order valence-electron chi connectivity index (χ2n) is 6.78. The Morgan fingerprint density at radius 3 is 2.41 bits per heavy atom. The minimum Gasteiger partial charge on any atom is -0.497 e. The summed E-state index contributed by atoms with van der Waals surface area (Å²) in [5, 5.41) is 0.759. The van der Waals surface area contributed by atoms with Crippen LogP contribution in [0.25, 0.3) is 10.9 Å². The lowest BCUT2D eigenvalue weighted by molar-refractivity contribution is 0.0490. The molecule has 0 N–H and O–H groups in total. The largest absolute Gasteiger partial charge is 0.497 e. The highest BCUT2D eigenvalue weighted by Crippen LogP contribution is 2.23. The Morgan fingerprint density at radius 2 is 1.74 bits per heavy atom. The van der Waals surface area contributed by atoms with Gasteiger partial charge < -0.3 is 14.4 Å². The number of pyridine rings is 1. The highest BCUT2D eigenvalue weighted by Gasteiger charge is 2.13. The number of rotatable bonds is 12. The van der Waals surface area contributed by atoms with Crippen molar-refractivity contribution < 1.29 is 14.3 Å². The standard InChI is InChI=1S/C22H32N2O3/c1-4-6-13-24(14-7-5-2)15-8-16-27-22(25)19-11-12-23-21-10-9-18(26-3)17-20(19)21/h9-12,17H,4-8,13-16H2,1-3H3. The Balaban J connectivity index is 1.90. The maximum atomic E-state index is 12.5. The predicted molar refractivity (Wildman–Crippen MR) is 109 cm³/mol. The minimum absolute atomic E-state index is 0.302. The molecule has 1 heterocycles. The van der Waals surface area contributed by atoms with Crippen molar-refractivity contribution in [2.45, 2.75) is 46.0 Å². The number of carbonyl (C=O) groups excluding carboxylic acids is 1. The summed E-state index contributed by atoms with van der Waals surface area (Å²) in [5.74, 6) is 0.399. The number of esters is 1. The van der Waals surface area contributed by atoms with E-state index in [2.05, 4.69) is 23.7 Å². The van der Waals surface area contributed by atoms with Crippen LogP contribution in [0, 0.1) is 0 Å². The number of ether oxygens (including phenoxy) is 2. The molecular weight excluding hydrogens is 340 g/mol. The summed E-state index contributed by atoms with van der Waals surface area (Å²) in [4.78, 5) is 19.3. The third-order valence-electron chi connectivity index (χ3n) is 4.68. The van der Waals surface area contributed by atoms with Gasteiger partial charge in [0.25, 0.3) is 0 Å². The Labute approximate surface area is 162 Å². The zero-order chi connectivity index (χ0) is 19.5. The summed E-state index contributed by atoms with van der Waals surface area (Å²) < 4.78 is 10.8. The van der Waals surface area contributed by atoms with E-state index in [-0.39, 0.29) is 5.97 Å². The first-order valence-corrected chi connectivity index (χ1v) is 10.0. The lowest BCUT2D eigenvalue weighted by Gasteiger charge is -2.21. The summed E-state index contributed by atoms with van der Waals surface area (Å²) in [5.41, 5.74) is 1.29. The van der Waals surface area contributed by atoms with Crippen molar-refractivity contribution in [2.75, 3.05) is 33.4 Å². The average molecular weight is 373 g/mol. The molecule has 0 radical (unpaired) electrons. The van der Waals surface area contributed by atoms with Crippen LogP contribution < -0.4 is 4.74 Å². The maximum absolute atomic E-state index is 12.5. The summed E-state index contributed by atoms with van der Waals surface area (Å²) >= 11 is 0. The molecular formula is C22H32N2O3. The molecule has 0 atom stereocenters. The van der Waals surface area contributed by atoms with E-state index in [1.54, 1.807) is 19.4 Å². The van der Waals surface area contributed by atoms with E-state index in [0.29, 0.717) is 17.9 Å². The molecule has 2 rings (SSSR count). The second-order valence-corrected chi connectivity index (χ2v) is 6.78. The van der Waals surface area contributed by atoms with Crippen molar-refractivity contribution in [1.29, 1.82) is 0 Å². The van der Waals surface area contributed by atoms with Crippen LogP contribution >= 0.6 is 0 Å². The van der Waals surface area contributed by atoms with Gasteiger partial charge in [0, 0.05) is 18.1 Å². The fourth-order valence-electron chi connectivity index (χ4n) is 3.06. The first-order chi connectivity index (χ1) is 13.2. The van der Waals surface area contributed by atoms with Gasteiger partial charge in [-0.25, -0.2) is 4.79 Å². The quantitative estimate of drug-likeness (QED) is 0.399. The van der Waals surface area contributed by atoms with Gasteiger partial charge in [-0.3, -0.25) is 4.98 Å². The van der Waals surface area contributed by atoms with Crippen LogP contribution in [-0.2, 0) is 4.74 Å². The molecule has 0 saturated carbocycles. The van der Waals surface area contributed by atoms with E-state index >= 15 is 0 Å². The molecule has 2 aromatic rings. The topological polar surface area (TPSA) is 51.7 Å². The molecule has 0 amide bonds. The molecule has 0 bridgehead atoms. The van der Waals surface area contributed by atoms with Gasteiger partial charge in [0.2, 0.25) is 0 Å². The van der Waals surface area contributed by atoms with Crippen molar-refractivity contribution in [2.24, 2.45) is 0 Å². The third-order valence-corrected chi connectivity index (χ3v) is 4.68. The van der Waals surface area contributed by atoms with E-state index in [1.807, 2.05) is 18.2 Å². The van der Waals surface area contributed by atoms with Gasteiger partial charge in [-0.1, -0.05) is 26.7 Å². The third kappa shape index (κ3) is 6.51. The molecule has 0 fully saturated rings. The molecule has 148 valence electrons. The van der Waals surface area contributed by atoms with Crippen LogP contribution in [-0.4, -0.2) is 49.2 Å². The number of nitrogens with zero attached hydrogens (tertiary/aromatic N) is 2. The number of hydrogen-bond donors (Lipinski definition) is 0. The van der Waals surface area contributed by atoms with Crippen molar-refractivity contribution >= 4 is 16.9 Å². The number of fused-ring (bicyclic) bond motifs is 1. The normalized spacial score (nSPS) is 11.1. The van der Waals surface area contributed by atoms with E-state index < -0.39 is 0 Å². The van der Waals surface area contributed by atoms with Crippen LogP contribution in [0.15, 0.2) is 30.5 Å². The van der Waals surface area contributed by atoms with Crippen molar-refractivity contribution in [1.82, 2.24) is 9.88 Å². The van der Waals surface area contributed by atoms with Crippen molar-refractivity contribution in [3.63, 3.8) is 0 Å². The molecule has 1 aromatic carbocycles. The highest BCUT2D eigenvalue weighted by atomic mass is 16.5. The van der Waals surface area contributed by atoms with Crippen molar-refractivity contribution in [3.05, 3.63) is 36.0 Å². The second kappa shape index (κ2) is 11.5. The van der Waals surface area contributed by atoms with Crippen LogP contribution in [0.4, 0.5) is 0 Å². The van der Waals surface area contributed by atoms with Gasteiger partial charge in [0.15, 0.2) is 0 Å². The first kappa shape index (κ1) is 21.2. The molecule has 0 unspecified atom stereocenters. The number of unbranched alkanes of at least 4 members (excludes halogenated alkanes) is 2. The van der Waals surface area contributed by atoms with Gasteiger partial charge in [-0.2, -0.15) is 0 Å². The molecule has 5 heteroatoms. The highest BCUT2D eigenvalue weighted by molar-refractivity contribution is 6.03. The number of hydrogen-bond acceptors (Lipinski definition) is 5. The molecule has 27 heavy (non-hydrogen) atoms.